The minimum Gasteiger partial charge on any atom is -0.454 e. The fourth-order valence-corrected chi connectivity index (χ4v) is 4.85. The van der Waals surface area contributed by atoms with Gasteiger partial charge in [-0.3, -0.25) is 0 Å². The highest BCUT2D eigenvalue weighted by molar-refractivity contribution is 5.92. The molecular weight excluding hydrogens is 432 g/mol. The van der Waals surface area contributed by atoms with E-state index in [1.807, 2.05) is 0 Å². The van der Waals surface area contributed by atoms with Crippen molar-refractivity contribution in [2.24, 2.45) is 11.8 Å². The second-order valence-electron chi connectivity index (χ2n) is 9.27. The van der Waals surface area contributed by atoms with Crippen LogP contribution in [0.3, 0.4) is 0 Å². The Balaban J connectivity index is 2.16. The Labute approximate surface area is 193 Å². The maximum absolute atomic E-state index is 12.7. The number of hydrogen-bond donors (Lipinski definition) is 2. The average molecular weight is 465 g/mol. The number of rotatable bonds is 4. The summed E-state index contributed by atoms with van der Waals surface area (Å²) in [4.78, 5) is 37.7. The van der Waals surface area contributed by atoms with Crippen LogP contribution in [-0.2, 0) is 33.3 Å². The molecule has 9 heteroatoms. The van der Waals surface area contributed by atoms with E-state index in [-0.39, 0.29) is 17.6 Å². The molecule has 0 spiro atoms. The van der Waals surface area contributed by atoms with E-state index >= 15 is 0 Å². The van der Waals surface area contributed by atoms with Crippen LogP contribution in [0.5, 0.6) is 0 Å². The van der Waals surface area contributed by atoms with E-state index in [1.165, 1.54) is 19.1 Å². The summed E-state index contributed by atoms with van der Waals surface area (Å²) in [5.74, 6) is -5.88. The molecule has 3 rings (SSSR count). The third kappa shape index (κ3) is 4.49. The maximum Gasteiger partial charge on any atom is 0.334 e. The van der Waals surface area contributed by atoms with Crippen molar-refractivity contribution in [1.29, 1.82) is 0 Å². The monoisotopic (exact) mass is 464 g/mol. The molecule has 3 fully saturated rings. The molecule has 182 valence electrons. The van der Waals surface area contributed by atoms with E-state index in [9.17, 15) is 24.6 Å². The number of fused-ring (bicyclic) bond motifs is 3. The number of carbonyl (C=O) groups excluding carboxylic acids is 3. The normalized spacial score (nSPS) is 41.1. The molecule has 9 nitrogen and oxygen atoms in total. The Morgan fingerprint density at radius 1 is 1.21 bits per heavy atom. The number of carbonyl (C=O) groups is 3. The van der Waals surface area contributed by atoms with Gasteiger partial charge in [0.2, 0.25) is 5.79 Å². The van der Waals surface area contributed by atoms with E-state index in [2.05, 4.69) is 6.58 Å². The van der Waals surface area contributed by atoms with Crippen molar-refractivity contribution in [3.05, 3.63) is 36.0 Å². The molecule has 0 radical (unpaired) electrons. The Morgan fingerprint density at radius 2 is 1.88 bits per heavy atom. The summed E-state index contributed by atoms with van der Waals surface area (Å²) in [5.41, 5.74) is -1.48. The van der Waals surface area contributed by atoms with Crippen LogP contribution in [0.15, 0.2) is 36.0 Å². The van der Waals surface area contributed by atoms with Gasteiger partial charge in [-0.2, -0.15) is 0 Å². The average Bonchev–Trinajstić information content (AvgIpc) is 3.18. The van der Waals surface area contributed by atoms with Crippen molar-refractivity contribution in [3.8, 4) is 0 Å². The zero-order valence-electron chi connectivity index (χ0n) is 19.6. The Morgan fingerprint density at radius 3 is 2.48 bits per heavy atom. The van der Waals surface area contributed by atoms with Crippen molar-refractivity contribution in [2.45, 2.75) is 83.3 Å². The molecular formula is C24H32O9. The SMILES string of the molecule is C=C1C(=O)O[C@@H]2[C@@H]1[C@H](OC(=O)C(C)=CC)[C@@]1(O)O[C@H](C[C@@H]1C)C[C@@](C)(O)[C@H]2OC(=O)C=CC. The van der Waals surface area contributed by atoms with E-state index in [0.717, 1.165) is 0 Å². The van der Waals surface area contributed by atoms with Gasteiger partial charge in [0.25, 0.3) is 0 Å². The third-order valence-electron chi connectivity index (χ3n) is 6.76. The maximum atomic E-state index is 12.7. The molecule has 3 aliphatic heterocycles. The molecule has 2 bridgehead atoms. The molecule has 3 saturated heterocycles. The molecule has 0 aromatic rings. The lowest BCUT2D eigenvalue weighted by atomic mass is 9.75. The highest BCUT2D eigenvalue weighted by atomic mass is 16.7. The molecule has 0 aliphatic carbocycles. The van der Waals surface area contributed by atoms with Gasteiger partial charge in [-0.05, 0) is 34.1 Å². The molecule has 2 N–H and O–H groups in total. The highest BCUT2D eigenvalue weighted by Gasteiger charge is 2.65. The van der Waals surface area contributed by atoms with Crippen LogP contribution in [0, 0.1) is 11.8 Å². The molecule has 3 aliphatic rings. The smallest absolute Gasteiger partial charge is 0.334 e. The summed E-state index contributed by atoms with van der Waals surface area (Å²) < 4.78 is 22.8. The molecule has 0 amide bonds. The minimum atomic E-state index is -1.98. The van der Waals surface area contributed by atoms with E-state index < -0.39 is 65.5 Å². The largest absolute Gasteiger partial charge is 0.454 e. The van der Waals surface area contributed by atoms with Crippen molar-refractivity contribution in [2.75, 3.05) is 0 Å². The molecule has 3 heterocycles. The summed E-state index contributed by atoms with van der Waals surface area (Å²) >= 11 is 0. The van der Waals surface area contributed by atoms with Gasteiger partial charge in [0, 0.05) is 29.6 Å². The topological polar surface area (TPSA) is 129 Å². The van der Waals surface area contributed by atoms with Crippen molar-refractivity contribution >= 4 is 17.9 Å². The predicted octanol–water partition coefficient (Wildman–Crippen LogP) is 1.72. The quantitative estimate of drug-likeness (QED) is 0.363. The number of ether oxygens (including phenoxy) is 4. The first-order chi connectivity index (χ1) is 15.4. The van der Waals surface area contributed by atoms with Crippen LogP contribution in [-0.4, -0.2) is 63.9 Å². The van der Waals surface area contributed by atoms with E-state index in [1.54, 1.807) is 33.8 Å². The fraction of sp³-hybridized carbons (Fsp3) is 0.625. The van der Waals surface area contributed by atoms with Gasteiger partial charge in [0.1, 0.15) is 5.60 Å². The highest BCUT2D eigenvalue weighted by Crippen LogP contribution is 2.50. The molecule has 0 aromatic carbocycles. The number of hydrogen-bond acceptors (Lipinski definition) is 9. The predicted molar refractivity (Wildman–Crippen MR) is 115 cm³/mol. The van der Waals surface area contributed by atoms with Crippen LogP contribution >= 0.6 is 0 Å². The van der Waals surface area contributed by atoms with Gasteiger partial charge in [0.15, 0.2) is 18.3 Å². The summed E-state index contributed by atoms with van der Waals surface area (Å²) in [6.07, 6.45) is -0.101. The number of esters is 3. The van der Waals surface area contributed by atoms with Crippen LogP contribution in [0.4, 0.5) is 0 Å². The third-order valence-corrected chi connectivity index (χ3v) is 6.76. The van der Waals surface area contributed by atoms with Gasteiger partial charge >= 0.3 is 17.9 Å². The van der Waals surface area contributed by atoms with Crippen molar-refractivity contribution in [3.63, 3.8) is 0 Å². The minimum absolute atomic E-state index is 0.0186. The first kappa shape index (κ1) is 25.1. The van der Waals surface area contributed by atoms with Crippen LogP contribution < -0.4 is 0 Å². The lowest BCUT2D eigenvalue weighted by Crippen LogP contribution is -2.58. The summed E-state index contributed by atoms with van der Waals surface area (Å²) in [7, 11) is 0. The van der Waals surface area contributed by atoms with Crippen LogP contribution in [0.25, 0.3) is 0 Å². The van der Waals surface area contributed by atoms with Gasteiger partial charge in [-0.25, -0.2) is 14.4 Å². The number of aliphatic hydroxyl groups is 2. The van der Waals surface area contributed by atoms with Crippen molar-refractivity contribution in [1.82, 2.24) is 0 Å². The van der Waals surface area contributed by atoms with Crippen LogP contribution in [0.1, 0.15) is 47.5 Å². The lowest BCUT2D eigenvalue weighted by molar-refractivity contribution is -0.277. The molecule has 0 aromatic heterocycles. The summed E-state index contributed by atoms with van der Waals surface area (Å²) in [6.45, 7) is 11.8. The first-order valence-electron chi connectivity index (χ1n) is 11.0. The summed E-state index contributed by atoms with van der Waals surface area (Å²) in [5, 5.41) is 23.0. The molecule has 33 heavy (non-hydrogen) atoms. The molecule has 0 unspecified atom stereocenters. The zero-order valence-corrected chi connectivity index (χ0v) is 19.6. The van der Waals surface area contributed by atoms with Gasteiger partial charge < -0.3 is 29.2 Å². The lowest BCUT2D eigenvalue weighted by Gasteiger charge is -2.41. The first-order valence-corrected chi connectivity index (χ1v) is 11.0. The number of allylic oxidation sites excluding steroid dienone is 2. The molecule has 0 saturated carbocycles. The summed E-state index contributed by atoms with van der Waals surface area (Å²) in [6, 6.07) is 0. The van der Waals surface area contributed by atoms with Gasteiger partial charge in [0.05, 0.1) is 12.0 Å². The van der Waals surface area contributed by atoms with E-state index in [0.29, 0.717) is 6.42 Å². The Bertz CT molecular complexity index is 902. The second-order valence-corrected chi connectivity index (χ2v) is 9.27. The van der Waals surface area contributed by atoms with Crippen molar-refractivity contribution < 1.29 is 43.5 Å². The Hall–Kier alpha value is -2.49. The van der Waals surface area contributed by atoms with Gasteiger partial charge in [-0.1, -0.05) is 25.7 Å². The zero-order chi connectivity index (χ0) is 24.7. The fourth-order valence-electron chi connectivity index (χ4n) is 4.85. The van der Waals surface area contributed by atoms with E-state index in [4.69, 9.17) is 18.9 Å². The van der Waals surface area contributed by atoms with Crippen LogP contribution in [0.2, 0.25) is 0 Å². The standard InChI is InChI=1S/C24H32O9/c1-7-9-16(25)30-20-18-17(14(5)22(27)31-18)19(32-21(26)12(3)8-2)24(29)13(4)10-15(33-24)11-23(20,6)28/h7-9,13,15,17-20,28-29H,5,10-11H2,1-4,6H3/t13-,15+,17+,18+,19-,20-,23+,24-/m0/s1. The second kappa shape index (κ2) is 9.04. The Kier molecular flexibility index (Phi) is 6.89. The molecule has 8 atom stereocenters. The van der Waals surface area contributed by atoms with Gasteiger partial charge in [-0.15, -0.1) is 0 Å².